The molecule has 0 aliphatic carbocycles. The van der Waals surface area contributed by atoms with Gasteiger partial charge in [-0.2, -0.15) is 5.10 Å². The summed E-state index contributed by atoms with van der Waals surface area (Å²) in [4.78, 5) is 3.93. The first-order valence-corrected chi connectivity index (χ1v) is 7.21. The zero-order valence-electron chi connectivity index (χ0n) is 9.92. The molecule has 1 aromatic carbocycles. The summed E-state index contributed by atoms with van der Waals surface area (Å²) >= 11 is 8.55. The largest absolute Gasteiger partial charge is 0.342 e. The molecule has 0 bridgehead atoms. The van der Waals surface area contributed by atoms with Crippen LogP contribution in [-0.4, -0.2) is 28.0 Å². The molecule has 1 aliphatic heterocycles. The standard InChI is InChI=1S/C12H11ClIN3O2/c13-11-5-9(14)1-2-10(11)12(18-3-4-19-12)6-17-8-15-7-16-17/h1-2,5,7-8H,3-4,6H2. The van der Waals surface area contributed by atoms with E-state index >= 15 is 0 Å². The van der Waals surface area contributed by atoms with Crippen LogP contribution in [0.3, 0.4) is 0 Å². The van der Waals surface area contributed by atoms with Crippen molar-refractivity contribution in [1.82, 2.24) is 14.8 Å². The summed E-state index contributed by atoms with van der Waals surface area (Å²) < 4.78 is 14.4. The van der Waals surface area contributed by atoms with E-state index in [1.807, 2.05) is 18.2 Å². The highest BCUT2D eigenvalue weighted by atomic mass is 127. The first-order valence-electron chi connectivity index (χ1n) is 5.75. The van der Waals surface area contributed by atoms with Crippen LogP contribution < -0.4 is 0 Å². The molecule has 7 heteroatoms. The highest BCUT2D eigenvalue weighted by Crippen LogP contribution is 2.37. The van der Waals surface area contributed by atoms with Gasteiger partial charge < -0.3 is 9.47 Å². The van der Waals surface area contributed by atoms with Gasteiger partial charge in [-0.1, -0.05) is 17.7 Å². The van der Waals surface area contributed by atoms with Crippen LogP contribution in [0, 0.1) is 3.57 Å². The van der Waals surface area contributed by atoms with Crippen LogP contribution >= 0.6 is 34.2 Å². The molecule has 3 rings (SSSR count). The van der Waals surface area contributed by atoms with Gasteiger partial charge in [0.1, 0.15) is 19.2 Å². The van der Waals surface area contributed by atoms with Gasteiger partial charge in [-0.25, -0.2) is 9.67 Å². The van der Waals surface area contributed by atoms with Crippen molar-refractivity contribution < 1.29 is 9.47 Å². The van der Waals surface area contributed by atoms with Crippen LogP contribution in [0.2, 0.25) is 5.02 Å². The van der Waals surface area contributed by atoms with E-state index in [0.717, 1.165) is 9.13 Å². The molecular formula is C12H11ClIN3O2. The third kappa shape index (κ3) is 2.62. The number of ether oxygens (including phenoxy) is 2. The molecule has 0 saturated carbocycles. The minimum Gasteiger partial charge on any atom is -0.342 e. The third-order valence-electron chi connectivity index (χ3n) is 2.93. The summed E-state index contributed by atoms with van der Waals surface area (Å²) in [5.74, 6) is -0.880. The Kier molecular flexibility index (Phi) is 3.75. The van der Waals surface area contributed by atoms with Crippen LogP contribution in [0.5, 0.6) is 0 Å². The number of aromatic nitrogens is 3. The van der Waals surface area contributed by atoms with Gasteiger partial charge in [0, 0.05) is 9.13 Å². The molecule has 0 atom stereocenters. The van der Waals surface area contributed by atoms with E-state index in [2.05, 4.69) is 32.7 Å². The number of halogens is 2. The van der Waals surface area contributed by atoms with Crippen molar-refractivity contribution >= 4 is 34.2 Å². The second kappa shape index (κ2) is 5.35. The summed E-state index contributed by atoms with van der Waals surface area (Å²) in [5.41, 5.74) is 0.822. The van der Waals surface area contributed by atoms with Crippen molar-refractivity contribution in [2.75, 3.05) is 13.2 Å². The molecule has 100 valence electrons. The SMILES string of the molecule is Clc1cc(I)ccc1C1(Cn2cncn2)OCCO1. The van der Waals surface area contributed by atoms with E-state index in [-0.39, 0.29) is 0 Å². The van der Waals surface area contributed by atoms with Crippen LogP contribution in [0.4, 0.5) is 0 Å². The number of rotatable bonds is 3. The number of hydrogen-bond donors (Lipinski definition) is 0. The molecule has 1 aliphatic rings. The molecular weight excluding hydrogens is 381 g/mol. The number of nitrogens with zero attached hydrogens (tertiary/aromatic N) is 3. The Bertz CT molecular complexity index is 570. The molecule has 0 amide bonds. The van der Waals surface area contributed by atoms with Crippen LogP contribution in [0.25, 0.3) is 0 Å². The number of hydrogen-bond acceptors (Lipinski definition) is 4. The monoisotopic (exact) mass is 391 g/mol. The smallest absolute Gasteiger partial charge is 0.216 e. The predicted octanol–water partition coefficient (Wildman–Crippen LogP) is 2.44. The van der Waals surface area contributed by atoms with Gasteiger partial charge in [-0.05, 0) is 34.7 Å². The highest BCUT2D eigenvalue weighted by Gasteiger charge is 2.41. The zero-order chi connectivity index (χ0) is 13.3. The maximum atomic E-state index is 6.33. The maximum absolute atomic E-state index is 6.33. The van der Waals surface area contributed by atoms with Gasteiger partial charge in [0.05, 0.1) is 18.2 Å². The maximum Gasteiger partial charge on any atom is 0.216 e. The van der Waals surface area contributed by atoms with E-state index in [0.29, 0.717) is 24.8 Å². The van der Waals surface area contributed by atoms with E-state index in [1.165, 1.54) is 6.33 Å². The molecule has 0 spiro atoms. The summed E-state index contributed by atoms with van der Waals surface area (Å²) in [6.45, 7) is 1.50. The second-order valence-corrected chi connectivity index (χ2v) is 5.82. The highest BCUT2D eigenvalue weighted by molar-refractivity contribution is 14.1. The fourth-order valence-electron chi connectivity index (χ4n) is 2.11. The van der Waals surface area contributed by atoms with Crippen LogP contribution in [0.1, 0.15) is 5.56 Å². The fraction of sp³-hybridized carbons (Fsp3) is 0.333. The number of benzene rings is 1. The molecule has 1 saturated heterocycles. The Morgan fingerprint density at radius 1 is 1.37 bits per heavy atom. The summed E-state index contributed by atoms with van der Waals surface area (Å²) in [6.07, 6.45) is 3.12. The van der Waals surface area contributed by atoms with Gasteiger partial charge in [0.2, 0.25) is 5.79 Å². The molecule has 1 aromatic heterocycles. The van der Waals surface area contributed by atoms with Crippen molar-refractivity contribution in [1.29, 1.82) is 0 Å². The molecule has 1 fully saturated rings. The lowest BCUT2D eigenvalue weighted by Crippen LogP contribution is -2.33. The molecule has 0 unspecified atom stereocenters. The Morgan fingerprint density at radius 2 is 2.16 bits per heavy atom. The lowest BCUT2D eigenvalue weighted by atomic mass is 10.1. The second-order valence-electron chi connectivity index (χ2n) is 4.17. The van der Waals surface area contributed by atoms with Gasteiger partial charge in [-0.3, -0.25) is 0 Å². The first kappa shape index (κ1) is 13.3. The predicted molar refractivity (Wildman–Crippen MR) is 77.8 cm³/mol. The zero-order valence-corrected chi connectivity index (χ0v) is 12.8. The van der Waals surface area contributed by atoms with Crippen molar-refractivity contribution in [3.63, 3.8) is 0 Å². The molecule has 19 heavy (non-hydrogen) atoms. The van der Waals surface area contributed by atoms with Crippen molar-refractivity contribution in [3.05, 3.63) is 45.0 Å². The minimum absolute atomic E-state index is 0.424. The topological polar surface area (TPSA) is 49.2 Å². The van der Waals surface area contributed by atoms with Gasteiger partial charge in [-0.15, -0.1) is 0 Å². The Labute approximate surface area is 129 Å². The fourth-order valence-corrected chi connectivity index (χ4v) is 3.11. The quantitative estimate of drug-likeness (QED) is 0.754. The van der Waals surface area contributed by atoms with E-state index in [4.69, 9.17) is 21.1 Å². The summed E-state index contributed by atoms with van der Waals surface area (Å²) in [7, 11) is 0. The minimum atomic E-state index is -0.880. The lowest BCUT2D eigenvalue weighted by Gasteiger charge is -2.28. The van der Waals surface area contributed by atoms with Crippen molar-refractivity contribution in [2.45, 2.75) is 12.3 Å². The van der Waals surface area contributed by atoms with Crippen LogP contribution in [-0.2, 0) is 21.8 Å². The van der Waals surface area contributed by atoms with Crippen molar-refractivity contribution in [3.8, 4) is 0 Å². The average molecular weight is 392 g/mol. The van der Waals surface area contributed by atoms with Crippen LogP contribution in [0.15, 0.2) is 30.9 Å². The summed E-state index contributed by atoms with van der Waals surface area (Å²) in [6, 6.07) is 5.81. The molecule has 2 heterocycles. The van der Waals surface area contributed by atoms with E-state index in [1.54, 1.807) is 11.0 Å². The average Bonchev–Trinajstić information content (AvgIpc) is 3.02. The van der Waals surface area contributed by atoms with E-state index < -0.39 is 5.79 Å². The Balaban J connectivity index is 2.00. The lowest BCUT2D eigenvalue weighted by molar-refractivity contribution is -0.177. The summed E-state index contributed by atoms with van der Waals surface area (Å²) in [5, 5.41) is 4.73. The Morgan fingerprint density at radius 3 is 2.79 bits per heavy atom. The molecule has 0 N–H and O–H groups in total. The Hall–Kier alpha value is -0.700. The van der Waals surface area contributed by atoms with Gasteiger partial charge in [0.15, 0.2) is 0 Å². The first-order chi connectivity index (χ1) is 9.20. The van der Waals surface area contributed by atoms with Gasteiger partial charge in [0.25, 0.3) is 0 Å². The van der Waals surface area contributed by atoms with E-state index in [9.17, 15) is 0 Å². The normalized spacial score (nSPS) is 17.8. The van der Waals surface area contributed by atoms with Crippen molar-refractivity contribution in [2.24, 2.45) is 0 Å². The molecule has 5 nitrogen and oxygen atoms in total. The third-order valence-corrected chi connectivity index (χ3v) is 3.92. The van der Waals surface area contributed by atoms with Gasteiger partial charge >= 0.3 is 0 Å². The molecule has 2 aromatic rings. The molecule has 0 radical (unpaired) electrons.